The molecule has 4 saturated carbocycles. The van der Waals surface area contributed by atoms with Gasteiger partial charge in [0.05, 0.1) is 0 Å². The third-order valence-corrected chi connectivity index (χ3v) is 9.14. The van der Waals surface area contributed by atoms with Crippen LogP contribution in [0.5, 0.6) is 0 Å². The second kappa shape index (κ2) is 5.30. The fourth-order valence-corrected chi connectivity index (χ4v) is 7.94. The van der Waals surface area contributed by atoms with Crippen molar-refractivity contribution >= 4 is 5.78 Å². The lowest BCUT2D eigenvalue weighted by atomic mass is 9.44. The van der Waals surface area contributed by atoms with E-state index in [1.165, 1.54) is 25.7 Å². The van der Waals surface area contributed by atoms with Gasteiger partial charge < -0.3 is 0 Å². The van der Waals surface area contributed by atoms with Crippen molar-refractivity contribution in [3.05, 3.63) is 0 Å². The van der Waals surface area contributed by atoms with Gasteiger partial charge in [-0.3, -0.25) is 4.79 Å². The van der Waals surface area contributed by atoms with Gasteiger partial charge in [-0.25, -0.2) is 4.39 Å². The number of carbonyl (C=O) groups is 1. The van der Waals surface area contributed by atoms with Crippen LogP contribution in [0.15, 0.2) is 0 Å². The first kappa shape index (κ1) is 16.1. The Hall–Kier alpha value is -0.400. The lowest BCUT2D eigenvalue weighted by Crippen LogP contribution is -2.56. The summed E-state index contributed by atoms with van der Waals surface area (Å²) in [6.07, 6.45) is 9.66. The van der Waals surface area contributed by atoms with Crippen LogP contribution in [0, 0.1) is 40.4 Å². The maximum atomic E-state index is 15.1. The lowest BCUT2D eigenvalue weighted by Gasteiger charge is -2.61. The summed E-state index contributed by atoms with van der Waals surface area (Å²) >= 11 is 0. The summed E-state index contributed by atoms with van der Waals surface area (Å²) in [5.41, 5.74) is 0.132. The molecule has 0 saturated heterocycles. The molecule has 0 aromatic heterocycles. The fraction of sp³-hybridized carbons (Fsp3) is 0.952. The highest BCUT2D eigenvalue weighted by molar-refractivity contribution is 5.79. The zero-order valence-electron chi connectivity index (χ0n) is 15.1. The molecule has 0 N–H and O–H groups in total. The zero-order valence-corrected chi connectivity index (χ0v) is 15.1. The van der Waals surface area contributed by atoms with Crippen LogP contribution in [0.1, 0.15) is 78.6 Å². The third-order valence-electron chi connectivity index (χ3n) is 9.14. The highest BCUT2D eigenvalue weighted by Crippen LogP contribution is 2.67. The molecule has 0 heterocycles. The third kappa shape index (κ3) is 2.05. The molecule has 4 aliphatic carbocycles. The molecule has 1 unspecified atom stereocenters. The van der Waals surface area contributed by atoms with Crippen molar-refractivity contribution in [3.8, 4) is 0 Å². The second-order valence-corrected chi connectivity index (χ2v) is 9.70. The van der Waals surface area contributed by atoms with Crippen LogP contribution < -0.4 is 0 Å². The maximum absolute atomic E-state index is 15.1. The molecule has 0 radical (unpaired) electrons. The number of alkyl halides is 1. The van der Waals surface area contributed by atoms with Crippen molar-refractivity contribution < 1.29 is 9.18 Å². The summed E-state index contributed by atoms with van der Waals surface area (Å²) in [5, 5.41) is 0. The van der Waals surface area contributed by atoms with E-state index >= 15 is 4.39 Å². The number of hydrogen-bond acceptors (Lipinski definition) is 1. The molecular formula is C21H33FO. The number of rotatable bonds is 1. The predicted octanol–water partition coefficient (Wildman–Crippen LogP) is 5.57. The van der Waals surface area contributed by atoms with Crippen molar-refractivity contribution in [2.75, 3.05) is 0 Å². The van der Waals surface area contributed by atoms with Crippen molar-refractivity contribution in [1.29, 1.82) is 0 Å². The molecule has 0 aromatic rings. The van der Waals surface area contributed by atoms with Crippen molar-refractivity contribution in [3.63, 3.8) is 0 Å². The molecule has 4 aliphatic rings. The van der Waals surface area contributed by atoms with E-state index in [2.05, 4.69) is 13.8 Å². The van der Waals surface area contributed by atoms with Gasteiger partial charge in [0.15, 0.2) is 0 Å². The van der Waals surface area contributed by atoms with E-state index in [0.717, 1.165) is 32.1 Å². The van der Waals surface area contributed by atoms with Crippen LogP contribution in [0.4, 0.5) is 4.39 Å². The van der Waals surface area contributed by atoms with E-state index in [1.54, 1.807) is 6.92 Å². The molecule has 2 heteroatoms. The van der Waals surface area contributed by atoms with Gasteiger partial charge in [0, 0.05) is 11.3 Å². The van der Waals surface area contributed by atoms with Crippen LogP contribution in [-0.4, -0.2) is 12.0 Å². The summed E-state index contributed by atoms with van der Waals surface area (Å²) in [6, 6.07) is 0. The van der Waals surface area contributed by atoms with E-state index in [1.807, 2.05) is 0 Å². The monoisotopic (exact) mass is 320 g/mol. The van der Waals surface area contributed by atoms with Crippen LogP contribution in [0.3, 0.4) is 0 Å². The van der Waals surface area contributed by atoms with Gasteiger partial charge in [-0.2, -0.15) is 0 Å². The van der Waals surface area contributed by atoms with Crippen molar-refractivity contribution in [1.82, 2.24) is 0 Å². The zero-order chi connectivity index (χ0) is 16.4. The number of fused-ring (bicyclic) bond motifs is 5. The van der Waals surface area contributed by atoms with E-state index < -0.39 is 6.17 Å². The number of carbonyl (C=O) groups excluding carboxylic acids is 1. The fourth-order valence-electron chi connectivity index (χ4n) is 7.94. The molecule has 4 rings (SSSR count). The Balaban J connectivity index is 1.66. The molecule has 0 amide bonds. The summed E-state index contributed by atoms with van der Waals surface area (Å²) < 4.78 is 15.1. The van der Waals surface area contributed by atoms with Crippen molar-refractivity contribution in [2.45, 2.75) is 84.7 Å². The molecule has 8 atom stereocenters. The van der Waals surface area contributed by atoms with Gasteiger partial charge in [0.25, 0.3) is 0 Å². The van der Waals surface area contributed by atoms with Gasteiger partial charge in [0.1, 0.15) is 12.0 Å². The standard InChI is InChI=1S/C21H33FO/c1-13(23)16-9-10-17-15-8-7-14-5-4-6-19(22)21(14,3)18(15)11-12-20(16,17)2/h14-19H,4-12H2,1-3H3/t14-,15+,16-,17+,18+,19?,20-,21+/m1/s1. The SMILES string of the molecule is CC(=O)[C@H]1CC[C@H]2[C@@H]3CC[C@H]4CCCC(F)[C@]4(C)[C@H]3CC[C@]12C. The maximum Gasteiger partial charge on any atom is 0.133 e. The predicted molar refractivity (Wildman–Crippen MR) is 90.8 cm³/mol. The quantitative estimate of drug-likeness (QED) is 0.617. The average molecular weight is 320 g/mol. The van der Waals surface area contributed by atoms with Crippen LogP contribution in [0.2, 0.25) is 0 Å². The lowest BCUT2D eigenvalue weighted by molar-refractivity contribution is -0.148. The number of hydrogen-bond donors (Lipinski definition) is 0. The molecular weight excluding hydrogens is 287 g/mol. The minimum atomic E-state index is -0.594. The van der Waals surface area contributed by atoms with E-state index in [0.29, 0.717) is 29.5 Å². The smallest absolute Gasteiger partial charge is 0.133 e. The van der Waals surface area contributed by atoms with Gasteiger partial charge in [-0.05, 0) is 87.4 Å². The molecule has 0 aromatic carbocycles. The van der Waals surface area contributed by atoms with Gasteiger partial charge in [-0.15, -0.1) is 0 Å². The first-order valence-corrected chi connectivity index (χ1v) is 10.0. The number of Topliss-reactive ketones (excluding diaryl/α,β-unsaturated/α-hetero) is 1. The first-order valence-electron chi connectivity index (χ1n) is 10.0. The molecule has 1 nitrogen and oxygen atoms in total. The molecule has 0 bridgehead atoms. The van der Waals surface area contributed by atoms with E-state index in [-0.39, 0.29) is 16.7 Å². The van der Waals surface area contributed by atoms with Gasteiger partial charge >= 0.3 is 0 Å². The summed E-state index contributed by atoms with van der Waals surface area (Å²) in [5.74, 6) is 3.20. The molecule has 130 valence electrons. The average Bonchev–Trinajstić information content (AvgIpc) is 2.86. The van der Waals surface area contributed by atoms with Crippen LogP contribution >= 0.6 is 0 Å². The van der Waals surface area contributed by atoms with Crippen LogP contribution in [-0.2, 0) is 4.79 Å². The highest BCUT2D eigenvalue weighted by Gasteiger charge is 2.62. The van der Waals surface area contributed by atoms with E-state index in [9.17, 15) is 4.79 Å². The normalized spacial score (nSPS) is 55.7. The van der Waals surface area contributed by atoms with E-state index in [4.69, 9.17) is 0 Å². The number of ketones is 1. The largest absolute Gasteiger partial charge is 0.300 e. The van der Waals surface area contributed by atoms with Gasteiger partial charge in [0.2, 0.25) is 0 Å². The minimum absolute atomic E-state index is 0.0726. The molecule has 0 spiro atoms. The minimum Gasteiger partial charge on any atom is -0.300 e. The molecule has 23 heavy (non-hydrogen) atoms. The Morgan fingerprint density at radius 2 is 1.74 bits per heavy atom. The Bertz CT molecular complexity index is 502. The molecule has 0 aliphatic heterocycles. The highest BCUT2D eigenvalue weighted by atomic mass is 19.1. The second-order valence-electron chi connectivity index (χ2n) is 9.70. The Morgan fingerprint density at radius 1 is 0.957 bits per heavy atom. The Labute approximate surface area is 140 Å². The van der Waals surface area contributed by atoms with Crippen molar-refractivity contribution in [2.24, 2.45) is 40.4 Å². The number of halogens is 1. The summed E-state index contributed by atoms with van der Waals surface area (Å²) in [7, 11) is 0. The Morgan fingerprint density at radius 3 is 2.48 bits per heavy atom. The molecule has 4 fully saturated rings. The summed E-state index contributed by atoms with van der Waals surface area (Å²) in [4.78, 5) is 12.1. The first-order chi connectivity index (χ1) is 10.9. The topological polar surface area (TPSA) is 17.1 Å². The van der Waals surface area contributed by atoms with Gasteiger partial charge in [-0.1, -0.05) is 20.3 Å². The Kier molecular flexibility index (Phi) is 3.71. The van der Waals surface area contributed by atoms with Crippen LogP contribution in [0.25, 0.3) is 0 Å². The summed E-state index contributed by atoms with van der Waals surface area (Å²) in [6.45, 7) is 6.47.